The molecule has 0 unspecified atom stereocenters. The molecule has 0 aliphatic heterocycles. The summed E-state index contributed by atoms with van der Waals surface area (Å²) in [5.41, 5.74) is 2.07. The molecule has 146 valence electrons. The molecule has 4 N–H and O–H groups in total. The van der Waals surface area contributed by atoms with E-state index in [2.05, 4.69) is 25.7 Å². The van der Waals surface area contributed by atoms with Crippen LogP contribution in [-0.4, -0.2) is 31.4 Å². The number of phenols is 1. The van der Waals surface area contributed by atoms with Gasteiger partial charge in [-0.25, -0.2) is 5.10 Å². The second kappa shape index (κ2) is 6.85. The van der Waals surface area contributed by atoms with Crippen LogP contribution in [0.15, 0.2) is 71.5 Å². The van der Waals surface area contributed by atoms with Crippen molar-refractivity contribution < 1.29 is 9.90 Å². The van der Waals surface area contributed by atoms with Crippen molar-refractivity contribution in [2.75, 3.05) is 5.32 Å². The number of carbonyl (C=O) groups is 1. The van der Waals surface area contributed by atoms with Crippen molar-refractivity contribution >= 4 is 33.3 Å². The van der Waals surface area contributed by atoms with Gasteiger partial charge in [-0.15, -0.1) is 0 Å². The van der Waals surface area contributed by atoms with E-state index in [1.165, 1.54) is 6.07 Å². The Kier molecular flexibility index (Phi) is 4.03. The van der Waals surface area contributed by atoms with Gasteiger partial charge in [-0.3, -0.25) is 14.7 Å². The molecule has 5 aromatic rings. The Morgan fingerprint density at radius 1 is 0.867 bits per heavy atom. The van der Waals surface area contributed by atoms with Gasteiger partial charge in [0.15, 0.2) is 5.69 Å². The summed E-state index contributed by atoms with van der Waals surface area (Å²) in [5.74, 6) is -0.569. The van der Waals surface area contributed by atoms with Crippen LogP contribution in [0, 0.1) is 0 Å². The highest BCUT2D eigenvalue weighted by molar-refractivity contribution is 6.11. The fourth-order valence-electron chi connectivity index (χ4n) is 3.44. The standard InChI is InChI=1S/C22H15N5O3/c28-18-11-12(19-13-5-1-2-6-14(13)21(29)27-25-19)9-10-17(18)23-22(30)20-15-7-3-4-8-16(15)24-26-20/h1-11,28H,(H,23,30)(H,24,26)(H,27,29). The fraction of sp³-hybridized carbons (Fsp3) is 0. The summed E-state index contributed by atoms with van der Waals surface area (Å²) in [6.07, 6.45) is 0. The average Bonchev–Trinajstić information content (AvgIpc) is 3.20. The van der Waals surface area contributed by atoms with E-state index in [1.54, 1.807) is 36.4 Å². The number of para-hydroxylation sites is 1. The molecule has 0 bridgehead atoms. The van der Waals surface area contributed by atoms with E-state index in [0.29, 0.717) is 27.4 Å². The lowest BCUT2D eigenvalue weighted by Gasteiger charge is -2.09. The summed E-state index contributed by atoms with van der Waals surface area (Å²) < 4.78 is 0. The topological polar surface area (TPSA) is 124 Å². The second-order valence-corrected chi connectivity index (χ2v) is 6.75. The predicted octanol–water partition coefficient (Wildman–Crippen LogP) is 3.42. The highest BCUT2D eigenvalue weighted by Crippen LogP contribution is 2.32. The largest absolute Gasteiger partial charge is 0.506 e. The van der Waals surface area contributed by atoms with Gasteiger partial charge in [0, 0.05) is 16.3 Å². The summed E-state index contributed by atoms with van der Waals surface area (Å²) in [5, 5.41) is 28.5. The molecule has 0 aliphatic rings. The second-order valence-electron chi connectivity index (χ2n) is 6.75. The van der Waals surface area contributed by atoms with Gasteiger partial charge in [-0.1, -0.05) is 42.5 Å². The van der Waals surface area contributed by atoms with Crippen molar-refractivity contribution in [2.45, 2.75) is 0 Å². The number of aromatic hydroxyl groups is 1. The molecule has 5 rings (SSSR count). The Hall–Kier alpha value is -4.46. The minimum Gasteiger partial charge on any atom is -0.506 e. The zero-order valence-corrected chi connectivity index (χ0v) is 15.5. The number of carbonyl (C=O) groups excluding carboxylic acids is 1. The van der Waals surface area contributed by atoms with Crippen molar-refractivity contribution in [1.29, 1.82) is 0 Å². The van der Waals surface area contributed by atoms with Crippen LogP contribution in [0.3, 0.4) is 0 Å². The van der Waals surface area contributed by atoms with E-state index in [1.807, 2.05) is 24.3 Å². The van der Waals surface area contributed by atoms with Crippen LogP contribution in [0.4, 0.5) is 5.69 Å². The van der Waals surface area contributed by atoms with E-state index < -0.39 is 5.91 Å². The minimum absolute atomic E-state index is 0.127. The SMILES string of the molecule is O=C(Nc1ccc(-c2n[nH]c(=O)c3ccccc23)cc1O)c1n[nH]c2ccccc12. The number of amides is 1. The Balaban J connectivity index is 1.49. The third kappa shape index (κ3) is 2.87. The molecule has 1 amide bonds. The molecule has 0 radical (unpaired) electrons. The Bertz CT molecular complexity index is 1490. The Morgan fingerprint density at radius 3 is 2.40 bits per heavy atom. The van der Waals surface area contributed by atoms with Gasteiger partial charge in [0.25, 0.3) is 11.5 Å². The molecule has 0 saturated heterocycles. The van der Waals surface area contributed by atoms with Crippen molar-refractivity contribution in [1.82, 2.24) is 20.4 Å². The van der Waals surface area contributed by atoms with Gasteiger partial charge >= 0.3 is 0 Å². The lowest BCUT2D eigenvalue weighted by molar-refractivity contribution is 0.102. The number of aromatic nitrogens is 4. The molecule has 3 aromatic carbocycles. The molecule has 0 aliphatic carbocycles. The predicted molar refractivity (Wildman–Crippen MR) is 114 cm³/mol. The summed E-state index contributed by atoms with van der Waals surface area (Å²) in [6, 6.07) is 19.2. The maximum absolute atomic E-state index is 12.7. The number of phenolic OH excluding ortho intramolecular Hbond substituents is 1. The van der Waals surface area contributed by atoms with Crippen molar-refractivity contribution in [3.63, 3.8) is 0 Å². The number of nitrogens with zero attached hydrogens (tertiary/aromatic N) is 2. The molecule has 8 heteroatoms. The third-order valence-corrected chi connectivity index (χ3v) is 4.90. The summed E-state index contributed by atoms with van der Waals surface area (Å²) in [6.45, 7) is 0. The summed E-state index contributed by atoms with van der Waals surface area (Å²) in [4.78, 5) is 24.6. The third-order valence-electron chi connectivity index (χ3n) is 4.90. The normalized spacial score (nSPS) is 11.1. The van der Waals surface area contributed by atoms with Gasteiger partial charge < -0.3 is 10.4 Å². The van der Waals surface area contributed by atoms with Crippen LogP contribution in [0.25, 0.3) is 32.9 Å². The first-order valence-electron chi connectivity index (χ1n) is 9.17. The molecular weight excluding hydrogens is 382 g/mol. The van der Waals surface area contributed by atoms with Gasteiger partial charge in [0.1, 0.15) is 5.75 Å². The zero-order chi connectivity index (χ0) is 20.7. The Morgan fingerprint density at radius 2 is 1.60 bits per heavy atom. The smallest absolute Gasteiger partial charge is 0.276 e. The molecule has 2 heterocycles. The maximum Gasteiger partial charge on any atom is 0.276 e. The van der Waals surface area contributed by atoms with E-state index in [0.717, 1.165) is 5.52 Å². The number of anilines is 1. The highest BCUT2D eigenvalue weighted by Gasteiger charge is 2.16. The molecule has 2 aromatic heterocycles. The monoisotopic (exact) mass is 397 g/mol. The highest BCUT2D eigenvalue weighted by atomic mass is 16.3. The molecule has 8 nitrogen and oxygen atoms in total. The van der Waals surface area contributed by atoms with Gasteiger partial charge in [-0.05, 0) is 24.3 Å². The van der Waals surface area contributed by atoms with E-state index >= 15 is 0 Å². The van der Waals surface area contributed by atoms with Crippen LogP contribution < -0.4 is 10.9 Å². The summed E-state index contributed by atoms with van der Waals surface area (Å²) >= 11 is 0. The Labute approximate surface area is 169 Å². The average molecular weight is 397 g/mol. The first-order valence-corrected chi connectivity index (χ1v) is 9.17. The number of hydrogen-bond acceptors (Lipinski definition) is 5. The number of H-pyrrole nitrogens is 2. The first-order chi connectivity index (χ1) is 14.6. The van der Waals surface area contributed by atoms with Gasteiger partial charge in [0.2, 0.25) is 0 Å². The van der Waals surface area contributed by atoms with Crippen LogP contribution in [-0.2, 0) is 0 Å². The first kappa shape index (κ1) is 17.6. The lowest BCUT2D eigenvalue weighted by atomic mass is 10.0. The van der Waals surface area contributed by atoms with E-state index in [9.17, 15) is 14.7 Å². The number of rotatable bonds is 3. The fourth-order valence-corrected chi connectivity index (χ4v) is 3.44. The van der Waals surface area contributed by atoms with Crippen LogP contribution in [0.5, 0.6) is 5.75 Å². The van der Waals surface area contributed by atoms with Crippen molar-refractivity contribution in [3.8, 4) is 17.0 Å². The van der Waals surface area contributed by atoms with Crippen LogP contribution in [0.2, 0.25) is 0 Å². The van der Waals surface area contributed by atoms with Gasteiger partial charge in [-0.2, -0.15) is 10.2 Å². The number of fused-ring (bicyclic) bond motifs is 2. The minimum atomic E-state index is -0.442. The molecular formula is C22H15N5O3. The van der Waals surface area contributed by atoms with Crippen molar-refractivity contribution in [2.24, 2.45) is 0 Å². The maximum atomic E-state index is 12.7. The lowest BCUT2D eigenvalue weighted by Crippen LogP contribution is -2.13. The quantitative estimate of drug-likeness (QED) is 0.347. The molecule has 0 saturated carbocycles. The number of aromatic amines is 2. The van der Waals surface area contributed by atoms with Crippen molar-refractivity contribution in [3.05, 3.63) is 82.8 Å². The van der Waals surface area contributed by atoms with Crippen LogP contribution in [0.1, 0.15) is 10.5 Å². The number of hydrogen-bond donors (Lipinski definition) is 4. The molecule has 30 heavy (non-hydrogen) atoms. The van der Waals surface area contributed by atoms with E-state index in [-0.39, 0.29) is 22.7 Å². The molecule has 0 spiro atoms. The molecule has 0 atom stereocenters. The van der Waals surface area contributed by atoms with Gasteiger partial charge in [0.05, 0.1) is 22.3 Å². The van der Waals surface area contributed by atoms with Crippen LogP contribution >= 0.6 is 0 Å². The number of benzene rings is 3. The summed E-state index contributed by atoms with van der Waals surface area (Å²) in [7, 11) is 0. The molecule has 0 fully saturated rings. The van der Waals surface area contributed by atoms with E-state index in [4.69, 9.17) is 0 Å². The number of nitrogens with one attached hydrogen (secondary N) is 3. The zero-order valence-electron chi connectivity index (χ0n) is 15.5.